The fourth-order valence-corrected chi connectivity index (χ4v) is 1.50. The van der Waals surface area contributed by atoms with Crippen molar-refractivity contribution >= 4 is 11.7 Å². The highest BCUT2D eigenvalue weighted by Crippen LogP contribution is 2.10. The zero-order valence-corrected chi connectivity index (χ0v) is 10.3. The minimum Gasteiger partial charge on any atom is -0.313 e. The summed E-state index contributed by atoms with van der Waals surface area (Å²) in [4.78, 5) is 13.5. The van der Waals surface area contributed by atoms with Crippen LogP contribution in [0, 0.1) is 23.7 Å². The van der Waals surface area contributed by atoms with E-state index in [4.69, 9.17) is 11.7 Å². The predicted octanol–water partition coefficient (Wildman–Crippen LogP) is 2.44. The van der Waals surface area contributed by atoms with E-state index in [9.17, 15) is 4.79 Å². The molecule has 0 heterocycles. The number of urea groups is 1. The second kappa shape index (κ2) is 6.98. The third kappa shape index (κ3) is 3.84. The molecule has 0 aliphatic heterocycles. The SMILES string of the molecule is C#CCN(CCC)C(=O)Nc1cccc(C#N)c1. The van der Waals surface area contributed by atoms with Gasteiger partial charge in [0.05, 0.1) is 18.2 Å². The topological polar surface area (TPSA) is 56.1 Å². The van der Waals surface area contributed by atoms with E-state index >= 15 is 0 Å². The highest BCUT2D eigenvalue weighted by molar-refractivity contribution is 5.89. The third-order valence-corrected chi connectivity index (χ3v) is 2.31. The third-order valence-electron chi connectivity index (χ3n) is 2.31. The molecule has 0 aromatic heterocycles. The Hall–Kier alpha value is -2.46. The quantitative estimate of drug-likeness (QED) is 0.823. The van der Waals surface area contributed by atoms with Crippen LogP contribution in [-0.2, 0) is 0 Å². The number of carbonyl (C=O) groups is 1. The lowest BCUT2D eigenvalue weighted by Crippen LogP contribution is -2.35. The molecule has 0 saturated carbocycles. The molecule has 0 aliphatic carbocycles. The first-order chi connectivity index (χ1) is 8.71. The Morgan fingerprint density at radius 2 is 2.33 bits per heavy atom. The number of rotatable bonds is 4. The van der Waals surface area contributed by atoms with E-state index in [2.05, 4.69) is 11.2 Å². The maximum Gasteiger partial charge on any atom is 0.322 e. The Morgan fingerprint density at radius 3 is 2.94 bits per heavy atom. The van der Waals surface area contributed by atoms with Crippen LogP contribution in [0.25, 0.3) is 0 Å². The monoisotopic (exact) mass is 241 g/mol. The number of carbonyl (C=O) groups excluding carboxylic acids is 1. The Balaban J connectivity index is 2.73. The molecule has 18 heavy (non-hydrogen) atoms. The highest BCUT2D eigenvalue weighted by Gasteiger charge is 2.11. The van der Waals surface area contributed by atoms with Crippen molar-refractivity contribution in [3.63, 3.8) is 0 Å². The number of nitrogens with one attached hydrogen (secondary N) is 1. The van der Waals surface area contributed by atoms with Gasteiger partial charge < -0.3 is 10.2 Å². The smallest absolute Gasteiger partial charge is 0.313 e. The molecular weight excluding hydrogens is 226 g/mol. The number of nitrogens with zero attached hydrogens (tertiary/aromatic N) is 2. The van der Waals surface area contributed by atoms with Gasteiger partial charge in [0.1, 0.15) is 0 Å². The summed E-state index contributed by atoms with van der Waals surface area (Å²) in [6.07, 6.45) is 6.06. The van der Waals surface area contributed by atoms with Crippen LogP contribution in [0.2, 0.25) is 0 Å². The molecule has 0 radical (unpaired) electrons. The fourth-order valence-electron chi connectivity index (χ4n) is 1.50. The molecule has 0 aliphatic rings. The summed E-state index contributed by atoms with van der Waals surface area (Å²) in [5.74, 6) is 2.45. The van der Waals surface area contributed by atoms with Crippen LogP contribution >= 0.6 is 0 Å². The first-order valence-electron chi connectivity index (χ1n) is 5.70. The summed E-state index contributed by atoms with van der Waals surface area (Å²) in [5, 5.41) is 11.5. The summed E-state index contributed by atoms with van der Waals surface area (Å²) < 4.78 is 0. The highest BCUT2D eigenvalue weighted by atomic mass is 16.2. The zero-order chi connectivity index (χ0) is 13.4. The van der Waals surface area contributed by atoms with E-state index in [1.54, 1.807) is 29.2 Å². The van der Waals surface area contributed by atoms with E-state index < -0.39 is 0 Å². The Kier molecular flexibility index (Phi) is 5.28. The van der Waals surface area contributed by atoms with Gasteiger partial charge in [-0.2, -0.15) is 5.26 Å². The number of terminal acetylenes is 1. The Bertz CT molecular complexity index is 496. The van der Waals surface area contributed by atoms with Gasteiger partial charge >= 0.3 is 6.03 Å². The number of hydrogen-bond acceptors (Lipinski definition) is 2. The van der Waals surface area contributed by atoms with Crippen molar-refractivity contribution in [3.8, 4) is 18.4 Å². The van der Waals surface area contributed by atoms with Crippen molar-refractivity contribution in [2.75, 3.05) is 18.4 Å². The normalized spacial score (nSPS) is 9.06. The number of anilines is 1. The van der Waals surface area contributed by atoms with Crippen LogP contribution in [0.3, 0.4) is 0 Å². The number of hydrogen-bond donors (Lipinski definition) is 1. The molecule has 0 unspecified atom stereocenters. The van der Waals surface area contributed by atoms with Gasteiger partial charge in [-0.05, 0) is 24.6 Å². The molecule has 0 fully saturated rings. The van der Waals surface area contributed by atoms with Gasteiger partial charge in [0.25, 0.3) is 0 Å². The van der Waals surface area contributed by atoms with Crippen LogP contribution in [0.4, 0.5) is 10.5 Å². The van der Waals surface area contributed by atoms with Gasteiger partial charge in [0, 0.05) is 12.2 Å². The molecule has 0 saturated heterocycles. The minimum atomic E-state index is -0.245. The van der Waals surface area contributed by atoms with Gasteiger partial charge in [-0.25, -0.2) is 4.79 Å². The zero-order valence-electron chi connectivity index (χ0n) is 10.3. The molecule has 92 valence electrons. The van der Waals surface area contributed by atoms with E-state index in [1.165, 1.54) is 0 Å². The van der Waals surface area contributed by atoms with Crippen LogP contribution < -0.4 is 5.32 Å². The van der Waals surface area contributed by atoms with Crippen molar-refractivity contribution in [1.82, 2.24) is 4.90 Å². The maximum absolute atomic E-state index is 11.9. The number of nitriles is 1. The molecule has 0 bridgehead atoms. The summed E-state index contributed by atoms with van der Waals surface area (Å²) in [7, 11) is 0. The Labute approximate surface area is 107 Å². The summed E-state index contributed by atoms with van der Waals surface area (Å²) in [6, 6.07) is 8.54. The fraction of sp³-hybridized carbons (Fsp3) is 0.286. The molecule has 2 amide bonds. The average Bonchev–Trinajstić information content (AvgIpc) is 2.38. The number of benzene rings is 1. The largest absolute Gasteiger partial charge is 0.322 e. The molecule has 0 atom stereocenters. The molecule has 4 nitrogen and oxygen atoms in total. The van der Waals surface area contributed by atoms with E-state index in [0.717, 1.165) is 6.42 Å². The van der Waals surface area contributed by atoms with Crippen molar-refractivity contribution in [1.29, 1.82) is 5.26 Å². The van der Waals surface area contributed by atoms with Crippen LogP contribution in [0.1, 0.15) is 18.9 Å². The van der Waals surface area contributed by atoms with Crippen LogP contribution in [0.5, 0.6) is 0 Å². The van der Waals surface area contributed by atoms with Crippen molar-refractivity contribution in [3.05, 3.63) is 29.8 Å². The molecule has 1 aromatic rings. The second-order valence-electron chi connectivity index (χ2n) is 3.75. The summed E-state index contributed by atoms with van der Waals surface area (Å²) in [5.41, 5.74) is 1.10. The summed E-state index contributed by atoms with van der Waals surface area (Å²) in [6.45, 7) is 2.86. The van der Waals surface area contributed by atoms with Crippen molar-refractivity contribution in [2.24, 2.45) is 0 Å². The molecule has 1 aromatic carbocycles. The number of amides is 2. The molecule has 1 N–H and O–H groups in total. The molecule has 1 rings (SSSR count). The maximum atomic E-state index is 11.9. The van der Waals surface area contributed by atoms with Gasteiger partial charge in [-0.1, -0.05) is 18.9 Å². The molecule has 4 heteroatoms. The lowest BCUT2D eigenvalue weighted by Gasteiger charge is -2.20. The van der Waals surface area contributed by atoms with Gasteiger partial charge in [-0.15, -0.1) is 6.42 Å². The van der Waals surface area contributed by atoms with Crippen LogP contribution in [0.15, 0.2) is 24.3 Å². The first-order valence-corrected chi connectivity index (χ1v) is 5.70. The standard InChI is InChI=1S/C14H15N3O/c1-3-8-17(9-4-2)14(18)16-13-7-5-6-12(10-13)11-15/h1,5-7,10H,4,8-9H2,2H3,(H,16,18). The van der Waals surface area contributed by atoms with Gasteiger partial charge in [-0.3, -0.25) is 0 Å². The molecule has 0 spiro atoms. The van der Waals surface area contributed by atoms with E-state index in [1.807, 2.05) is 13.0 Å². The summed E-state index contributed by atoms with van der Waals surface area (Å²) >= 11 is 0. The lowest BCUT2D eigenvalue weighted by atomic mass is 10.2. The van der Waals surface area contributed by atoms with E-state index in [-0.39, 0.29) is 12.6 Å². The molecular formula is C14H15N3O. The first kappa shape index (κ1) is 13.6. The van der Waals surface area contributed by atoms with Crippen molar-refractivity contribution in [2.45, 2.75) is 13.3 Å². The lowest BCUT2D eigenvalue weighted by molar-refractivity contribution is 0.218. The van der Waals surface area contributed by atoms with Crippen LogP contribution in [-0.4, -0.2) is 24.0 Å². The van der Waals surface area contributed by atoms with Crippen molar-refractivity contribution < 1.29 is 4.79 Å². The second-order valence-corrected chi connectivity index (χ2v) is 3.75. The Morgan fingerprint density at radius 1 is 1.56 bits per heavy atom. The minimum absolute atomic E-state index is 0.245. The van der Waals surface area contributed by atoms with E-state index in [0.29, 0.717) is 17.8 Å². The van der Waals surface area contributed by atoms with Gasteiger partial charge in [0.15, 0.2) is 0 Å². The van der Waals surface area contributed by atoms with Gasteiger partial charge in [0.2, 0.25) is 0 Å². The average molecular weight is 241 g/mol. The predicted molar refractivity (Wildman–Crippen MR) is 70.9 cm³/mol.